The number of hydrogen-bond donors (Lipinski definition) is 2. The van der Waals surface area contributed by atoms with Gasteiger partial charge in [0.05, 0.1) is 11.0 Å². The van der Waals surface area contributed by atoms with Gasteiger partial charge >= 0.3 is 0 Å². The number of amidine groups is 2. The van der Waals surface area contributed by atoms with Gasteiger partial charge in [0.25, 0.3) is 0 Å². The second kappa shape index (κ2) is 11.0. The van der Waals surface area contributed by atoms with Gasteiger partial charge in [0.1, 0.15) is 5.84 Å². The largest absolute Gasteiger partial charge is 0.383 e. The van der Waals surface area contributed by atoms with E-state index in [0.717, 1.165) is 39.0 Å². The van der Waals surface area contributed by atoms with Crippen molar-refractivity contribution >= 4 is 56.4 Å². The lowest BCUT2D eigenvalue weighted by atomic mass is 9.92. The number of benzene rings is 6. The Balaban J connectivity index is 1.39. The van der Waals surface area contributed by atoms with Crippen molar-refractivity contribution in [2.75, 3.05) is 0 Å². The van der Waals surface area contributed by atoms with E-state index in [1.54, 1.807) is 6.08 Å². The summed E-state index contributed by atoms with van der Waals surface area (Å²) in [6.07, 6.45) is 3.59. The van der Waals surface area contributed by atoms with E-state index < -0.39 is 0 Å². The first-order valence-corrected chi connectivity index (χ1v) is 14.5. The van der Waals surface area contributed by atoms with Crippen molar-refractivity contribution in [1.82, 2.24) is 4.57 Å². The Morgan fingerprint density at radius 3 is 2.09 bits per heavy atom. The zero-order valence-corrected chi connectivity index (χ0v) is 24.2. The Kier molecular flexibility index (Phi) is 6.72. The maximum absolute atomic E-state index is 8.98. The van der Waals surface area contributed by atoms with Crippen LogP contribution >= 0.6 is 0 Å². The molecule has 1 aromatic heterocycles. The summed E-state index contributed by atoms with van der Waals surface area (Å²) in [5.41, 5.74) is 14.8. The van der Waals surface area contributed by atoms with Crippen molar-refractivity contribution in [3.8, 4) is 16.8 Å². The monoisotopic (exact) mass is 566 g/mol. The molecule has 0 unspecified atom stereocenters. The third-order valence-electron chi connectivity index (χ3n) is 8.22. The first kappa shape index (κ1) is 26.9. The van der Waals surface area contributed by atoms with Gasteiger partial charge in [-0.05, 0) is 58.0 Å². The fourth-order valence-electron chi connectivity index (χ4n) is 6.06. The van der Waals surface area contributed by atoms with Crippen LogP contribution in [0.2, 0.25) is 0 Å². The molecule has 0 spiro atoms. The van der Waals surface area contributed by atoms with E-state index >= 15 is 0 Å². The fourth-order valence-corrected chi connectivity index (χ4v) is 6.06. The van der Waals surface area contributed by atoms with Gasteiger partial charge in [-0.15, -0.1) is 0 Å². The molecule has 4 nitrogen and oxygen atoms in total. The number of para-hydroxylation sites is 1. The maximum Gasteiger partial charge on any atom is 0.154 e. The standard InChI is InChI=1S/C40H30N4/c1-3-26-24-35(36(25-27(26)4-2)40(42)43-39(41)30-13-6-5-7-14-30)29-18-21-31(22-19-29)44-37-17-11-10-16-33(37)34-23-20-28-12-8-9-15-32(28)38(34)44/h3-25H,1-2H2,(H3,41,42,43). The van der Waals surface area contributed by atoms with Gasteiger partial charge in [-0.25, -0.2) is 4.99 Å². The summed E-state index contributed by atoms with van der Waals surface area (Å²) in [5.74, 6) is 0.376. The lowest BCUT2D eigenvalue weighted by Crippen LogP contribution is -2.16. The Labute approximate surface area is 256 Å². The molecule has 0 amide bonds. The molecule has 3 N–H and O–H groups in total. The summed E-state index contributed by atoms with van der Waals surface area (Å²) in [5, 5.41) is 13.8. The normalized spacial score (nSPS) is 11.7. The van der Waals surface area contributed by atoms with Gasteiger partial charge in [-0.1, -0.05) is 122 Å². The molecule has 0 aliphatic heterocycles. The topological polar surface area (TPSA) is 67.2 Å². The lowest BCUT2D eigenvalue weighted by molar-refractivity contribution is 1.19. The summed E-state index contributed by atoms with van der Waals surface area (Å²) in [7, 11) is 0. The van der Waals surface area contributed by atoms with E-state index in [1.165, 1.54) is 27.1 Å². The number of nitrogens with two attached hydrogens (primary N) is 1. The minimum absolute atomic E-state index is 0.0815. The van der Waals surface area contributed by atoms with Crippen molar-refractivity contribution in [2.45, 2.75) is 0 Å². The number of fused-ring (bicyclic) bond motifs is 5. The summed E-state index contributed by atoms with van der Waals surface area (Å²) in [4.78, 5) is 4.50. The van der Waals surface area contributed by atoms with Gasteiger partial charge < -0.3 is 10.3 Å². The Hall–Kier alpha value is -6.00. The third kappa shape index (κ3) is 4.50. The minimum atomic E-state index is 0.0815. The van der Waals surface area contributed by atoms with Gasteiger partial charge in [0.2, 0.25) is 0 Å². The van der Waals surface area contributed by atoms with E-state index in [4.69, 9.17) is 11.1 Å². The smallest absolute Gasteiger partial charge is 0.154 e. The van der Waals surface area contributed by atoms with Crippen LogP contribution in [0.5, 0.6) is 0 Å². The molecule has 4 heteroatoms. The Morgan fingerprint density at radius 1 is 0.682 bits per heavy atom. The van der Waals surface area contributed by atoms with Crippen molar-refractivity contribution in [1.29, 1.82) is 5.41 Å². The third-order valence-corrected chi connectivity index (χ3v) is 8.22. The van der Waals surface area contributed by atoms with Crippen LogP contribution < -0.4 is 5.73 Å². The zero-order valence-electron chi connectivity index (χ0n) is 24.2. The molecular formula is C40H30N4. The molecule has 0 fully saturated rings. The molecule has 0 saturated heterocycles. The van der Waals surface area contributed by atoms with Crippen LogP contribution in [-0.4, -0.2) is 16.2 Å². The Morgan fingerprint density at radius 2 is 1.34 bits per heavy atom. The number of aromatic nitrogens is 1. The maximum atomic E-state index is 8.98. The minimum Gasteiger partial charge on any atom is -0.383 e. The van der Waals surface area contributed by atoms with Crippen LogP contribution in [0.4, 0.5) is 0 Å². The molecule has 0 aliphatic rings. The number of aliphatic imine (C=N–C) groups is 1. The molecule has 0 radical (unpaired) electrons. The van der Waals surface area contributed by atoms with E-state index in [9.17, 15) is 0 Å². The van der Waals surface area contributed by atoms with Gasteiger partial charge in [-0.3, -0.25) is 5.41 Å². The molecule has 6 aromatic carbocycles. The molecule has 0 aliphatic carbocycles. The predicted molar refractivity (Wildman–Crippen MR) is 188 cm³/mol. The van der Waals surface area contributed by atoms with Gasteiger partial charge in [-0.2, -0.15) is 0 Å². The van der Waals surface area contributed by atoms with E-state index in [-0.39, 0.29) is 5.84 Å². The van der Waals surface area contributed by atoms with Crippen molar-refractivity contribution in [3.63, 3.8) is 0 Å². The van der Waals surface area contributed by atoms with Crippen LogP contribution in [0.3, 0.4) is 0 Å². The van der Waals surface area contributed by atoms with Crippen LogP contribution in [0, 0.1) is 5.41 Å². The molecule has 1 heterocycles. The highest BCUT2D eigenvalue weighted by molar-refractivity contribution is 6.18. The van der Waals surface area contributed by atoms with Crippen LogP contribution in [-0.2, 0) is 0 Å². The molecule has 7 rings (SSSR count). The van der Waals surface area contributed by atoms with Gasteiger partial charge in [0.15, 0.2) is 5.84 Å². The first-order chi connectivity index (χ1) is 21.6. The summed E-state index contributed by atoms with van der Waals surface area (Å²) in [6.45, 7) is 8.00. The Bertz CT molecular complexity index is 2270. The van der Waals surface area contributed by atoms with Crippen molar-refractivity contribution < 1.29 is 0 Å². The number of rotatable bonds is 6. The van der Waals surface area contributed by atoms with Crippen molar-refractivity contribution in [2.24, 2.45) is 10.7 Å². The average molecular weight is 567 g/mol. The van der Waals surface area contributed by atoms with E-state index in [1.807, 2.05) is 48.5 Å². The summed E-state index contributed by atoms with van der Waals surface area (Å²) >= 11 is 0. The first-order valence-electron chi connectivity index (χ1n) is 14.5. The van der Waals surface area contributed by atoms with Crippen LogP contribution in [0.25, 0.3) is 61.5 Å². The fraction of sp³-hybridized carbons (Fsp3) is 0. The van der Waals surface area contributed by atoms with Crippen LogP contribution in [0.15, 0.2) is 146 Å². The zero-order chi connectivity index (χ0) is 30.2. The highest BCUT2D eigenvalue weighted by Crippen LogP contribution is 2.37. The SMILES string of the molecule is C=Cc1cc(C(=N)N=C(N)c2ccccc2)c(-c2ccc(-n3c4ccccc4c4ccc5ccccc5c43)cc2)cc1C=C. The lowest BCUT2D eigenvalue weighted by Gasteiger charge is -2.15. The quantitative estimate of drug-likeness (QED) is 0.153. The molecule has 7 aromatic rings. The molecule has 0 saturated carbocycles. The summed E-state index contributed by atoms with van der Waals surface area (Å²) in [6, 6.07) is 43.5. The van der Waals surface area contributed by atoms with E-state index in [0.29, 0.717) is 11.4 Å². The second-order valence-electron chi connectivity index (χ2n) is 10.7. The molecule has 210 valence electrons. The van der Waals surface area contributed by atoms with Gasteiger partial charge in [0, 0.05) is 33.0 Å². The number of nitrogens with one attached hydrogen (secondary N) is 1. The number of hydrogen-bond acceptors (Lipinski definition) is 1. The molecular weight excluding hydrogens is 536 g/mol. The van der Waals surface area contributed by atoms with Crippen molar-refractivity contribution in [3.05, 3.63) is 163 Å². The molecule has 0 bridgehead atoms. The predicted octanol–water partition coefficient (Wildman–Crippen LogP) is 9.62. The highest BCUT2D eigenvalue weighted by atomic mass is 15.0. The van der Waals surface area contributed by atoms with Crippen LogP contribution in [0.1, 0.15) is 22.3 Å². The second-order valence-corrected chi connectivity index (χ2v) is 10.7. The summed E-state index contributed by atoms with van der Waals surface area (Å²) < 4.78 is 2.35. The average Bonchev–Trinajstić information content (AvgIpc) is 3.43. The molecule has 0 atom stereocenters. The number of nitrogens with zero attached hydrogens (tertiary/aromatic N) is 2. The highest BCUT2D eigenvalue weighted by Gasteiger charge is 2.17. The molecule has 44 heavy (non-hydrogen) atoms. The van der Waals surface area contributed by atoms with E-state index in [2.05, 4.69) is 108 Å².